The Morgan fingerprint density at radius 2 is 1.78 bits per heavy atom. The summed E-state index contributed by atoms with van der Waals surface area (Å²) in [7, 11) is 0.500. The number of allylic oxidation sites excluding steroid dienone is 6. The summed E-state index contributed by atoms with van der Waals surface area (Å²) in [4.78, 5) is 0. The number of halogens is 1. The molecule has 0 fully saturated rings. The van der Waals surface area contributed by atoms with Gasteiger partial charge < -0.3 is 0 Å². The zero-order valence-electron chi connectivity index (χ0n) is 23.0. The first kappa shape index (κ1) is 27.9. The van der Waals surface area contributed by atoms with Crippen molar-refractivity contribution in [1.29, 1.82) is 0 Å². The van der Waals surface area contributed by atoms with Crippen molar-refractivity contribution in [3.05, 3.63) is 118 Å². The first-order chi connectivity index (χ1) is 17.4. The van der Waals surface area contributed by atoms with Crippen molar-refractivity contribution in [2.45, 2.75) is 78.1 Å². The largest absolute Gasteiger partial charge is 0.255 e. The number of hydrogen-bond donors (Lipinski definition) is 0. The fourth-order valence-electron chi connectivity index (χ4n) is 5.99. The third-order valence-electron chi connectivity index (χ3n) is 7.96. The van der Waals surface area contributed by atoms with Gasteiger partial charge in [-0.05, 0) is 96.9 Å². The van der Waals surface area contributed by atoms with E-state index < -0.39 is 0 Å². The van der Waals surface area contributed by atoms with Gasteiger partial charge in [-0.15, -0.1) is 0 Å². The Morgan fingerprint density at radius 1 is 1.03 bits per heavy atom. The Balaban J connectivity index is 0.00000176. The minimum absolute atomic E-state index is 0.500. The maximum absolute atomic E-state index is 9.50. The molecule has 0 spiro atoms. The smallest absolute Gasteiger partial charge is 0.0785 e. The zero-order valence-corrected chi connectivity index (χ0v) is 23.0. The lowest BCUT2D eigenvalue weighted by Crippen LogP contribution is -2.17. The van der Waals surface area contributed by atoms with Gasteiger partial charge in [-0.3, -0.25) is 4.39 Å². The van der Waals surface area contributed by atoms with Gasteiger partial charge in [0.15, 0.2) is 0 Å². The van der Waals surface area contributed by atoms with E-state index >= 15 is 0 Å². The van der Waals surface area contributed by atoms with E-state index in [9.17, 15) is 4.39 Å². The second-order valence-corrected chi connectivity index (χ2v) is 10.8. The van der Waals surface area contributed by atoms with Gasteiger partial charge in [0.05, 0.1) is 7.18 Å². The highest BCUT2D eigenvalue weighted by atomic mass is 19.1. The van der Waals surface area contributed by atoms with Gasteiger partial charge in [0.1, 0.15) is 0 Å². The Morgan fingerprint density at radius 3 is 2.44 bits per heavy atom. The van der Waals surface area contributed by atoms with Crippen molar-refractivity contribution >= 4 is 0 Å². The summed E-state index contributed by atoms with van der Waals surface area (Å²) in [5.41, 5.74) is 11.9. The quantitative estimate of drug-likeness (QED) is 0.294. The van der Waals surface area contributed by atoms with E-state index in [4.69, 9.17) is 0 Å². The molecule has 4 rings (SSSR count). The second kappa shape index (κ2) is 13.6. The molecule has 36 heavy (non-hydrogen) atoms. The van der Waals surface area contributed by atoms with Crippen molar-refractivity contribution in [1.82, 2.24) is 0 Å². The predicted octanol–water partition coefficient (Wildman–Crippen LogP) is 9.92. The third-order valence-corrected chi connectivity index (χ3v) is 7.96. The van der Waals surface area contributed by atoms with E-state index in [-0.39, 0.29) is 0 Å². The number of rotatable bonds is 10. The van der Waals surface area contributed by atoms with E-state index in [0.717, 1.165) is 38.0 Å². The Hall–Kier alpha value is -2.67. The lowest BCUT2D eigenvalue weighted by molar-refractivity contribution is 0.481. The maximum atomic E-state index is 9.50. The highest BCUT2D eigenvalue weighted by Gasteiger charge is 2.25. The van der Waals surface area contributed by atoms with Crippen LogP contribution in [0.1, 0.15) is 81.0 Å². The van der Waals surface area contributed by atoms with Crippen LogP contribution in [-0.2, 0) is 19.3 Å². The second-order valence-electron chi connectivity index (χ2n) is 10.8. The first-order valence-electron chi connectivity index (χ1n) is 13.7. The molecule has 0 aliphatic heterocycles. The number of hydrogen-bond acceptors (Lipinski definition) is 0. The number of alkyl halides is 1. The van der Waals surface area contributed by atoms with Crippen molar-refractivity contribution in [2.24, 2.45) is 11.8 Å². The predicted molar refractivity (Wildman–Crippen MR) is 155 cm³/mol. The molecule has 0 bridgehead atoms. The SMILES string of the molecule is C=C(Cc1ccc2c(c1)CC2C)CC(C)C1=C(/C=C\CC)CC(C(=C)Cc2ccccc2)CC1.CF. The van der Waals surface area contributed by atoms with Gasteiger partial charge >= 0.3 is 0 Å². The van der Waals surface area contributed by atoms with Crippen molar-refractivity contribution < 1.29 is 4.39 Å². The van der Waals surface area contributed by atoms with Gasteiger partial charge in [0, 0.05) is 0 Å². The normalized spacial score (nSPS) is 19.7. The molecule has 2 aromatic rings. The molecule has 0 nitrogen and oxygen atoms in total. The molecule has 2 aliphatic rings. The average molecular weight is 485 g/mol. The van der Waals surface area contributed by atoms with Crippen molar-refractivity contribution in [3.63, 3.8) is 0 Å². The van der Waals surface area contributed by atoms with Crippen LogP contribution in [0.2, 0.25) is 0 Å². The average Bonchev–Trinajstić information content (AvgIpc) is 2.88. The first-order valence-corrected chi connectivity index (χ1v) is 13.7. The minimum Gasteiger partial charge on any atom is -0.255 e. The summed E-state index contributed by atoms with van der Waals surface area (Å²) < 4.78 is 9.50. The Bertz CT molecular complexity index is 1080. The molecule has 3 unspecified atom stereocenters. The highest BCUT2D eigenvalue weighted by molar-refractivity contribution is 5.43. The van der Waals surface area contributed by atoms with Gasteiger partial charge in [0.2, 0.25) is 0 Å². The van der Waals surface area contributed by atoms with Crippen LogP contribution in [0, 0.1) is 11.8 Å². The molecule has 192 valence electrons. The molecule has 0 N–H and O–H groups in total. The Labute approximate surface area is 219 Å². The van der Waals surface area contributed by atoms with Crippen LogP contribution >= 0.6 is 0 Å². The molecule has 1 heteroatoms. The lowest BCUT2D eigenvalue weighted by Gasteiger charge is -2.31. The van der Waals surface area contributed by atoms with Crippen LogP contribution in [0.4, 0.5) is 4.39 Å². The van der Waals surface area contributed by atoms with Gasteiger partial charge in [-0.2, -0.15) is 0 Å². The van der Waals surface area contributed by atoms with Gasteiger partial charge in [-0.25, -0.2) is 0 Å². The molecule has 0 saturated heterocycles. The molecule has 3 atom stereocenters. The van der Waals surface area contributed by atoms with E-state index in [1.54, 1.807) is 22.3 Å². The molecule has 2 aliphatic carbocycles. The van der Waals surface area contributed by atoms with Crippen molar-refractivity contribution in [2.75, 3.05) is 7.18 Å². The summed E-state index contributed by atoms with van der Waals surface area (Å²) in [5.74, 6) is 1.88. The van der Waals surface area contributed by atoms with E-state index in [1.165, 1.54) is 41.5 Å². The van der Waals surface area contributed by atoms with Crippen LogP contribution in [0.5, 0.6) is 0 Å². The van der Waals surface area contributed by atoms with E-state index in [1.807, 2.05) is 0 Å². The Kier molecular flexibility index (Phi) is 10.5. The fourth-order valence-corrected chi connectivity index (χ4v) is 5.99. The molecule has 2 aromatic carbocycles. The highest BCUT2D eigenvalue weighted by Crippen LogP contribution is 2.40. The number of benzene rings is 2. The summed E-state index contributed by atoms with van der Waals surface area (Å²) in [6.07, 6.45) is 13.7. The zero-order chi connectivity index (χ0) is 26.1. The molecule has 0 heterocycles. The monoisotopic (exact) mass is 484 g/mol. The van der Waals surface area contributed by atoms with Crippen LogP contribution in [0.3, 0.4) is 0 Å². The summed E-state index contributed by atoms with van der Waals surface area (Å²) in [5, 5.41) is 0. The molecular formula is C35H45F. The summed E-state index contributed by atoms with van der Waals surface area (Å²) in [6, 6.07) is 17.9. The lowest BCUT2D eigenvalue weighted by atomic mass is 9.74. The number of fused-ring (bicyclic) bond motifs is 1. The molecule has 0 amide bonds. The fraction of sp³-hybridized carbons (Fsp3) is 0.429. The molecule has 0 radical (unpaired) electrons. The van der Waals surface area contributed by atoms with Crippen LogP contribution in [0.15, 0.2) is 96.1 Å². The van der Waals surface area contributed by atoms with Crippen LogP contribution < -0.4 is 0 Å². The van der Waals surface area contributed by atoms with Gasteiger partial charge in [-0.1, -0.05) is 111 Å². The minimum atomic E-state index is 0.500. The van der Waals surface area contributed by atoms with Crippen LogP contribution in [0.25, 0.3) is 0 Å². The maximum Gasteiger partial charge on any atom is 0.0785 e. The topological polar surface area (TPSA) is 0 Å². The molecule has 0 saturated carbocycles. The molecular weight excluding hydrogens is 439 g/mol. The van der Waals surface area contributed by atoms with Gasteiger partial charge in [0.25, 0.3) is 0 Å². The molecule has 0 aromatic heterocycles. The van der Waals surface area contributed by atoms with E-state index in [0.29, 0.717) is 19.0 Å². The summed E-state index contributed by atoms with van der Waals surface area (Å²) >= 11 is 0. The summed E-state index contributed by atoms with van der Waals surface area (Å²) in [6.45, 7) is 16.0. The third kappa shape index (κ3) is 7.19. The van der Waals surface area contributed by atoms with Crippen molar-refractivity contribution in [3.8, 4) is 0 Å². The van der Waals surface area contributed by atoms with E-state index in [2.05, 4.69) is 94.6 Å². The van der Waals surface area contributed by atoms with Crippen LogP contribution in [-0.4, -0.2) is 7.18 Å². The standard InChI is InChI=1S/C34H42.CH3F/c1-6-7-13-31-23-30(25(3)20-28-11-9-8-10-12-28)15-17-33(31)26(4)18-24(2)19-29-14-16-34-27(5)21-32(34)22-29;1-2/h7-14,16,22,26-27,30H,2-3,6,15,17-21,23H2,1,4-5H3;1H3/b13-7-;.